The summed E-state index contributed by atoms with van der Waals surface area (Å²) in [5, 5.41) is 12.2. The Morgan fingerprint density at radius 1 is 1.67 bits per heavy atom. The third-order valence-corrected chi connectivity index (χ3v) is 1.66. The molecule has 2 rings (SSSR count). The number of amides is 1. The summed E-state index contributed by atoms with van der Waals surface area (Å²) in [5.41, 5.74) is 5.63. The van der Waals surface area contributed by atoms with Crippen LogP contribution in [0.3, 0.4) is 0 Å². The monoisotopic (exact) mass is 208 g/mol. The van der Waals surface area contributed by atoms with Crippen molar-refractivity contribution in [2.24, 2.45) is 0 Å². The van der Waals surface area contributed by atoms with Crippen LogP contribution < -0.4 is 11.1 Å². The number of aromatic amines is 1. The molecule has 2 aromatic heterocycles. The molecule has 1 amide bonds. The van der Waals surface area contributed by atoms with Crippen molar-refractivity contribution in [3.05, 3.63) is 24.0 Å². The molecule has 0 radical (unpaired) electrons. The third-order valence-electron chi connectivity index (χ3n) is 1.66. The topological polar surface area (TPSA) is 123 Å². The van der Waals surface area contributed by atoms with E-state index in [0.717, 1.165) is 0 Å². The van der Waals surface area contributed by atoms with Crippen LogP contribution in [0.2, 0.25) is 0 Å². The van der Waals surface area contributed by atoms with E-state index in [9.17, 15) is 4.79 Å². The summed E-state index contributed by atoms with van der Waals surface area (Å²) in [6.45, 7) is 0.189. The molecular formula is C7H8N6O2. The van der Waals surface area contributed by atoms with Crippen LogP contribution in [-0.2, 0) is 6.54 Å². The van der Waals surface area contributed by atoms with Gasteiger partial charge in [0.25, 0.3) is 5.91 Å². The van der Waals surface area contributed by atoms with Crippen molar-refractivity contribution in [2.75, 3.05) is 5.73 Å². The van der Waals surface area contributed by atoms with Gasteiger partial charge in [0.05, 0.1) is 6.54 Å². The van der Waals surface area contributed by atoms with Crippen LogP contribution in [0.1, 0.15) is 16.3 Å². The largest absolute Gasteiger partial charge is 0.382 e. The Morgan fingerprint density at radius 3 is 3.13 bits per heavy atom. The van der Waals surface area contributed by atoms with Gasteiger partial charge in [0.2, 0.25) is 6.39 Å². The van der Waals surface area contributed by atoms with Crippen LogP contribution in [0.15, 0.2) is 17.0 Å². The van der Waals surface area contributed by atoms with E-state index in [4.69, 9.17) is 5.73 Å². The molecule has 0 saturated heterocycles. The fourth-order valence-electron chi connectivity index (χ4n) is 0.978. The van der Waals surface area contributed by atoms with Crippen molar-refractivity contribution < 1.29 is 9.32 Å². The fraction of sp³-hybridized carbons (Fsp3) is 0.143. The zero-order valence-corrected chi connectivity index (χ0v) is 7.60. The van der Waals surface area contributed by atoms with Crippen molar-refractivity contribution >= 4 is 11.7 Å². The highest BCUT2D eigenvalue weighted by atomic mass is 16.5. The molecular weight excluding hydrogens is 200 g/mol. The first-order valence-electron chi connectivity index (χ1n) is 4.10. The molecule has 0 aromatic carbocycles. The highest BCUT2D eigenvalue weighted by Gasteiger charge is 2.09. The molecule has 0 saturated carbocycles. The predicted octanol–water partition coefficient (Wildman–Crippen LogP) is -0.695. The van der Waals surface area contributed by atoms with Crippen molar-refractivity contribution in [3.63, 3.8) is 0 Å². The molecule has 0 atom stereocenters. The number of nitrogen functional groups attached to an aromatic ring is 1. The zero-order chi connectivity index (χ0) is 10.7. The van der Waals surface area contributed by atoms with E-state index in [1.54, 1.807) is 0 Å². The lowest BCUT2D eigenvalue weighted by Gasteiger charge is -1.98. The summed E-state index contributed by atoms with van der Waals surface area (Å²) in [6.07, 6.45) is 1.19. The second-order valence-electron chi connectivity index (χ2n) is 2.74. The van der Waals surface area contributed by atoms with Crippen molar-refractivity contribution in [1.82, 2.24) is 25.7 Å². The summed E-state index contributed by atoms with van der Waals surface area (Å²) >= 11 is 0. The molecule has 8 heteroatoms. The second-order valence-corrected chi connectivity index (χ2v) is 2.74. The van der Waals surface area contributed by atoms with E-state index in [0.29, 0.717) is 5.82 Å². The lowest BCUT2D eigenvalue weighted by Crippen LogP contribution is -2.23. The highest BCUT2D eigenvalue weighted by Crippen LogP contribution is 2.00. The van der Waals surface area contributed by atoms with Crippen LogP contribution in [0.5, 0.6) is 0 Å². The SMILES string of the molecule is Nc1cc(C(=O)NCc2ncon2)[nH]n1. The number of aromatic nitrogens is 4. The first kappa shape index (κ1) is 9.19. The third kappa shape index (κ3) is 2.10. The summed E-state index contributed by atoms with van der Waals surface area (Å²) < 4.78 is 4.50. The van der Waals surface area contributed by atoms with Crippen molar-refractivity contribution in [1.29, 1.82) is 0 Å². The average Bonchev–Trinajstić information content (AvgIpc) is 2.84. The van der Waals surface area contributed by atoms with Gasteiger partial charge in [-0.25, -0.2) is 0 Å². The Balaban J connectivity index is 1.93. The van der Waals surface area contributed by atoms with Gasteiger partial charge in [0.15, 0.2) is 5.82 Å². The molecule has 0 spiro atoms. The normalized spacial score (nSPS) is 10.1. The molecule has 8 nitrogen and oxygen atoms in total. The number of hydrogen-bond acceptors (Lipinski definition) is 6. The molecule has 2 heterocycles. The van der Waals surface area contributed by atoms with Gasteiger partial charge in [0, 0.05) is 6.07 Å². The second kappa shape index (κ2) is 3.78. The summed E-state index contributed by atoms with van der Waals surface area (Å²) in [6, 6.07) is 1.44. The van der Waals surface area contributed by atoms with Crippen molar-refractivity contribution in [3.8, 4) is 0 Å². The average molecular weight is 208 g/mol. The maximum absolute atomic E-state index is 11.4. The summed E-state index contributed by atoms with van der Waals surface area (Å²) in [7, 11) is 0. The predicted molar refractivity (Wildman–Crippen MR) is 48.5 cm³/mol. The number of rotatable bonds is 3. The van der Waals surface area contributed by atoms with Crippen LogP contribution in [0, 0.1) is 0 Å². The van der Waals surface area contributed by atoms with E-state index >= 15 is 0 Å². The van der Waals surface area contributed by atoms with Crippen LogP contribution >= 0.6 is 0 Å². The lowest BCUT2D eigenvalue weighted by molar-refractivity contribution is 0.0944. The van der Waals surface area contributed by atoms with Gasteiger partial charge < -0.3 is 15.6 Å². The Hall–Kier alpha value is -2.38. The Kier molecular flexibility index (Phi) is 2.31. The number of nitrogens with one attached hydrogen (secondary N) is 2. The quantitative estimate of drug-likeness (QED) is 0.613. The van der Waals surface area contributed by atoms with E-state index in [1.165, 1.54) is 12.5 Å². The fourth-order valence-corrected chi connectivity index (χ4v) is 0.978. The number of carbonyl (C=O) groups is 1. The van der Waals surface area contributed by atoms with Crippen molar-refractivity contribution in [2.45, 2.75) is 6.54 Å². The highest BCUT2D eigenvalue weighted by molar-refractivity contribution is 5.92. The molecule has 0 aliphatic carbocycles. The summed E-state index contributed by atoms with van der Waals surface area (Å²) in [4.78, 5) is 15.2. The lowest BCUT2D eigenvalue weighted by atomic mass is 10.4. The van der Waals surface area contributed by atoms with Gasteiger partial charge in [-0.3, -0.25) is 9.89 Å². The van der Waals surface area contributed by atoms with E-state index < -0.39 is 0 Å². The van der Waals surface area contributed by atoms with Gasteiger partial charge in [-0.05, 0) is 0 Å². The first-order chi connectivity index (χ1) is 7.25. The molecule has 15 heavy (non-hydrogen) atoms. The van der Waals surface area contributed by atoms with Gasteiger partial charge in [-0.2, -0.15) is 10.1 Å². The van der Waals surface area contributed by atoms with Gasteiger partial charge >= 0.3 is 0 Å². The molecule has 2 aromatic rings. The van der Waals surface area contributed by atoms with Gasteiger partial charge in [-0.15, -0.1) is 0 Å². The Bertz CT molecular complexity index is 448. The smallest absolute Gasteiger partial charge is 0.269 e. The van der Waals surface area contributed by atoms with Crippen LogP contribution in [0.4, 0.5) is 5.82 Å². The van der Waals surface area contributed by atoms with Gasteiger partial charge in [0.1, 0.15) is 11.5 Å². The molecule has 0 fully saturated rings. The number of anilines is 1. The minimum Gasteiger partial charge on any atom is -0.382 e. The minimum absolute atomic E-state index is 0.189. The molecule has 78 valence electrons. The van der Waals surface area contributed by atoms with E-state index in [-0.39, 0.29) is 24.0 Å². The molecule has 0 unspecified atom stereocenters. The standard InChI is InChI=1S/C7H8N6O2/c8-5-1-4(11-12-5)7(14)9-2-6-10-3-15-13-6/h1,3H,2H2,(H,9,14)(H3,8,11,12). The first-order valence-corrected chi connectivity index (χ1v) is 4.10. The minimum atomic E-state index is -0.330. The van der Waals surface area contributed by atoms with E-state index in [1.807, 2.05) is 0 Å². The Morgan fingerprint density at radius 2 is 2.53 bits per heavy atom. The van der Waals surface area contributed by atoms with Crippen LogP contribution in [-0.4, -0.2) is 26.2 Å². The van der Waals surface area contributed by atoms with Crippen LogP contribution in [0.25, 0.3) is 0 Å². The van der Waals surface area contributed by atoms with Gasteiger partial charge in [-0.1, -0.05) is 5.16 Å². The maximum Gasteiger partial charge on any atom is 0.269 e. The number of hydrogen-bond donors (Lipinski definition) is 3. The Labute approximate surface area is 83.9 Å². The number of nitrogens with zero attached hydrogens (tertiary/aromatic N) is 3. The molecule has 0 bridgehead atoms. The molecule has 0 aliphatic rings. The number of H-pyrrole nitrogens is 1. The summed E-state index contributed by atoms with van der Waals surface area (Å²) in [5.74, 6) is 0.333. The molecule has 0 aliphatic heterocycles. The molecule has 4 N–H and O–H groups in total. The van der Waals surface area contributed by atoms with E-state index in [2.05, 4.69) is 30.2 Å². The number of carbonyl (C=O) groups excluding carboxylic acids is 1. The zero-order valence-electron chi connectivity index (χ0n) is 7.60. The maximum atomic E-state index is 11.4. The number of nitrogens with two attached hydrogens (primary N) is 1.